The molecule has 0 unspecified atom stereocenters. The highest BCUT2D eigenvalue weighted by molar-refractivity contribution is 5.68. The van der Waals surface area contributed by atoms with Crippen molar-refractivity contribution in [2.24, 2.45) is 0 Å². The van der Waals surface area contributed by atoms with E-state index in [2.05, 4.69) is 6.58 Å². The van der Waals surface area contributed by atoms with Gasteiger partial charge >= 0.3 is 6.18 Å². The third kappa shape index (κ3) is 5.37. The lowest BCUT2D eigenvalue weighted by molar-refractivity contribution is -0.140. The first-order valence-corrected chi connectivity index (χ1v) is 7.41. The number of allylic oxidation sites excluding steroid dienone is 2. The summed E-state index contributed by atoms with van der Waals surface area (Å²) in [6.45, 7) is 6.34. The summed E-state index contributed by atoms with van der Waals surface area (Å²) in [7, 11) is 0. The lowest BCUT2D eigenvalue weighted by atomic mass is 10.0. The molecule has 0 N–H and O–H groups in total. The Hall–Kier alpha value is -1.85. The van der Waals surface area contributed by atoms with Crippen LogP contribution in [0, 0.1) is 11.6 Å². The van der Waals surface area contributed by atoms with Crippen molar-refractivity contribution >= 4 is 5.57 Å². The molecule has 6 heteroatoms. The zero-order valence-corrected chi connectivity index (χ0v) is 13.2. The van der Waals surface area contributed by atoms with Crippen molar-refractivity contribution in [2.45, 2.75) is 32.9 Å². The molecule has 128 valence electrons. The highest BCUT2D eigenvalue weighted by Gasteiger charge is 2.32. The first-order valence-electron chi connectivity index (χ1n) is 7.41. The molecular weight excluding hydrogens is 313 g/mol. The second-order valence-electron chi connectivity index (χ2n) is 4.91. The predicted molar refractivity (Wildman–Crippen MR) is 81.7 cm³/mol. The zero-order valence-electron chi connectivity index (χ0n) is 13.2. The second-order valence-corrected chi connectivity index (χ2v) is 4.91. The molecule has 2 rings (SSSR count). The molecule has 0 fully saturated rings. The van der Waals surface area contributed by atoms with E-state index >= 15 is 0 Å². The van der Waals surface area contributed by atoms with Crippen LogP contribution in [0.2, 0.25) is 0 Å². The molecule has 0 bridgehead atoms. The smallest absolute Gasteiger partial charge is 0.362 e. The van der Waals surface area contributed by atoms with Crippen LogP contribution in [0.1, 0.15) is 32.3 Å². The number of hydrogen-bond donors (Lipinski definition) is 0. The molecule has 1 aliphatic heterocycles. The molecule has 0 aliphatic carbocycles. The summed E-state index contributed by atoms with van der Waals surface area (Å²) in [5.41, 5.74) is 0.683. The fraction of sp³-hybridized carbons (Fsp3) is 0.412. The molecule has 0 saturated carbocycles. The Bertz CT molecular complexity index is 575. The Kier molecular flexibility index (Phi) is 6.79. The number of alkyl halides is 3. The molecule has 1 aromatic carbocycles. The van der Waals surface area contributed by atoms with Gasteiger partial charge in [-0.15, -0.1) is 0 Å². The van der Waals surface area contributed by atoms with Crippen molar-refractivity contribution in [3.8, 4) is 0 Å². The number of nitrogens with zero attached hydrogens (tertiary/aromatic N) is 1. The summed E-state index contributed by atoms with van der Waals surface area (Å²) in [5, 5.41) is 0. The van der Waals surface area contributed by atoms with E-state index in [1.165, 1.54) is 12.1 Å². The van der Waals surface area contributed by atoms with Gasteiger partial charge in [-0.25, -0.2) is 8.78 Å². The second kappa shape index (κ2) is 8.13. The number of hydrogen-bond acceptors (Lipinski definition) is 1. The van der Waals surface area contributed by atoms with Crippen LogP contribution in [-0.4, -0.2) is 24.2 Å². The van der Waals surface area contributed by atoms with Gasteiger partial charge in [0.2, 0.25) is 0 Å². The van der Waals surface area contributed by atoms with Crippen LogP contribution in [0.25, 0.3) is 5.57 Å². The maximum Gasteiger partial charge on any atom is 0.405 e. The highest BCUT2D eigenvalue weighted by atomic mass is 19.4. The minimum absolute atomic E-state index is 0.00289. The zero-order chi connectivity index (χ0) is 17.6. The van der Waals surface area contributed by atoms with E-state index in [9.17, 15) is 22.0 Å². The van der Waals surface area contributed by atoms with Gasteiger partial charge in [-0.05, 0) is 24.5 Å². The maximum absolute atomic E-state index is 13.8. The van der Waals surface area contributed by atoms with Gasteiger partial charge < -0.3 is 4.90 Å². The summed E-state index contributed by atoms with van der Waals surface area (Å²) >= 11 is 0. The van der Waals surface area contributed by atoms with Gasteiger partial charge in [-0.2, -0.15) is 13.2 Å². The Morgan fingerprint density at radius 3 is 2.43 bits per heavy atom. The molecule has 0 radical (unpaired) electrons. The summed E-state index contributed by atoms with van der Waals surface area (Å²) in [5.74, 6) is -2.05. The molecular formula is C17H20F5N. The molecule has 1 aromatic rings. The topological polar surface area (TPSA) is 3.24 Å². The van der Waals surface area contributed by atoms with Gasteiger partial charge in [0.15, 0.2) is 11.6 Å². The van der Waals surface area contributed by atoms with Gasteiger partial charge in [0.1, 0.15) is 6.54 Å². The Labute approximate surface area is 133 Å². The van der Waals surface area contributed by atoms with Crippen LogP contribution < -0.4 is 0 Å². The van der Waals surface area contributed by atoms with E-state index in [-0.39, 0.29) is 12.1 Å². The number of halogens is 5. The SMILES string of the molecule is C=C1CCC=C(c2cccc(F)c2F)CN1CC(F)(F)F.CC. The predicted octanol–water partition coefficient (Wildman–Crippen LogP) is 5.55. The van der Waals surface area contributed by atoms with Crippen LogP contribution in [0.4, 0.5) is 22.0 Å². The summed E-state index contributed by atoms with van der Waals surface area (Å²) in [6.07, 6.45) is -1.94. The third-order valence-corrected chi connectivity index (χ3v) is 3.30. The quantitative estimate of drug-likeness (QED) is 0.642. The van der Waals surface area contributed by atoms with Crippen molar-refractivity contribution in [1.29, 1.82) is 0 Å². The Morgan fingerprint density at radius 2 is 1.83 bits per heavy atom. The van der Waals surface area contributed by atoms with E-state index in [1.54, 1.807) is 6.08 Å². The average molecular weight is 333 g/mol. The van der Waals surface area contributed by atoms with Crippen LogP contribution >= 0.6 is 0 Å². The maximum atomic E-state index is 13.8. The van der Waals surface area contributed by atoms with Crippen molar-refractivity contribution in [3.05, 3.63) is 53.7 Å². The van der Waals surface area contributed by atoms with Gasteiger partial charge in [-0.1, -0.05) is 38.6 Å². The lowest BCUT2D eigenvalue weighted by Gasteiger charge is -2.27. The standard InChI is InChI=1S/C15H14F5N.C2H6/c1-10-4-2-5-11(8-21(10)9-15(18,19)20)12-6-3-7-13(16)14(12)17;1-2/h3,5-7H,1-2,4,8-9H2;1-2H3. The molecule has 0 aromatic heterocycles. The van der Waals surface area contributed by atoms with Gasteiger partial charge in [-0.3, -0.25) is 0 Å². The molecule has 0 spiro atoms. The summed E-state index contributed by atoms with van der Waals surface area (Å²) in [6, 6.07) is 3.68. The number of rotatable bonds is 2. The minimum Gasteiger partial charge on any atom is -0.362 e. The first kappa shape index (κ1) is 19.2. The molecule has 0 amide bonds. The van der Waals surface area contributed by atoms with Gasteiger partial charge in [0.25, 0.3) is 0 Å². The lowest BCUT2D eigenvalue weighted by Crippen LogP contribution is -2.34. The van der Waals surface area contributed by atoms with Gasteiger partial charge in [0, 0.05) is 17.8 Å². The summed E-state index contributed by atoms with van der Waals surface area (Å²) in [4.78, 5) is 1.06. The van der Waals surface area contributed by atoms with Crippen LogP contribution in [-0.2, 0) is 0 Å². The molecule has 0 saturated heterocycles. The highest BCUT2D eigenvalue weighted by Crippen LogP contribution is 2.29. The van der Waals surface area contributed by atoms with Crippen molar-refractivity contribution < 1.29 is 22.0 Å². The first-order chi connectivity index (χ1) is 10.8. The van der Waals surface area contributed by atoms with Crippen molar-refractivity contribution in [1.82, 2.24) is 4.90 Å². The van der Waals surface area contributed by atoms with E-state index in [0.717, 1.165) is 11.0 Å². The van der Waals surface area contributed by atoms with Gasteiger partial charge in [0.05, 0.1) is 0 Å². The van der Waals surface area contributed by atoms with E-state index in [1.807, 2.05) is 13.8 Å². The molecule has 1 heterocycles. The van der Waals surface area contributed by atoms with Crippen LogP contribution in [0.15, 0.2) is 36.6 Å². The Morgan fingerprint density at radius 1 is 1.17 bits per heavy atom. The van der Waals surface area contributed by atoms with Crippen molar-refractivity contribution in [2.75, 3.05) is 13.1 Å². The number of benzene rings is 1. The van der Waals surface area contributed by atoms with Crippen molar-refractivity contribution in [3.63, 3.8) is 0 Å². The van der Waals surface area contributed by atoms with E-state index in [0.29, 0.717) is 24.1 Å². The fourth-order valence-electron chi connectivity index (χ4n) is 2.28. The van der Waals surface area contributed by atoms with E-state index < -0.39 is 24.4 Å². The monoisotopic (exact) mass is 333 g/mol. The molecule has 1 nitrogen and oxygen atoms in total. The minimum atomic E-state index is -4.38. The van der Waals surface area contributed by atoms with E-state index in [4.69, 9.17) is 0 Å². The molecule has 23 heavy (non-hydrogen) atoms. The van der Waals surface area contributed by atoms with Crippen LogP contribution in [0.5, 0.6) is 0 Å². The largest absolute Gasteiger partial charge is 0.405 e. The normalized spacial score (nSPS) is 15.5. The molecule has 1 aliphatic rings. The van der Waals surface area contributed by atoms with Crippen LogP contribution in [0.3, 0.4) is 0 Å². The average Bonchev–Trinajstić information content (AvgIpc) is 2.65. The molecule has 0 atom stereocenters. The third-order valence-electron chi connectivity index (χ3n) is 3.30. The Balaban J connectivity index is 0.00000127. The fourth-order valence-corrected chi connectivity index (χ4v) is 2.28. The summed E-state index contributed by atoms with van der Waals surface area (Å²) < 4.78 is 64.8.